The number of benzene rings is 1. The van der Waals surface area contributed by atoms with Gasteiger partial charge in [0, 0.05) is 5.56 Å². The third-order valence-electron chi connectivity index (χ3n) is 2.66. The molecule has 16 heavy (non-hydrogen) atoms. The van der Waals surface area contributed by atoms with Gasteiger partial charge >= 0.3 is 0 Å². The van der Waals surface area contributed by atoms with E-state index in [9.17, 15) is 0 Å². The third-order valence-corrected chi connectivity index (χ3v) is 2.66. The van der Waals surface area contributed by atoms with Gasteiger partial charge in [0.1, 0.15) is 11.5 Å². The fourth-order valence-electron chi connectivity index (χ4n) is 1.77. The molecular formula is C13H15NO2. The van der Waals surface area contributed by atoms with Crippen molar-refractivity contribution in [3.8, 4) is 5.75 Å². The molecular weight excluding hydrogens is 202 g/mol. The number of ether oxygens (including phenoxy) is 1. The fraction of sp³-hybridized carbons (Fsp3) is 0.231. The van der Waals surface area contributed by atoms with Crippen LogP contribution in [0.25, 0.3) is 0 Å². The topological polar surface area (TPSA) is 48.4 Å². The molecule has 2 rings (SSSR count). The molecule has 0 aliphatic carbocycles. The minimum absolute atomic E-state index is 0.286. The molecule has 0 radical (unpaired) electrons. The van der Waals surface area contributed by atoms with E-state index >= 15 is 0 Å². The Morgan fingerprint density at radius 1 is 1.25 bits per heavy atom. The number of rotatable bonds is 3. The minimum Gasteiger partial charge on any atom is -0.496 e. The van der Waals surface area contributed by atoms with Crippen LogP contribution in [0.2, 0.25) is 0 Å². The second-order valence-electron chi connectivity index (χ2n) is 3.69. The van der Waals surface area contributed by atoms with Gasteiger partial charge in [-0.25, -0.2) is 0 Å². The molecule has 1 heterocycles. The fourth-order valence-corrected chi connectivity index (χ4v) is 1.77. The van der Waals surface area contributed by atoms with Crippen molar-refractivity contribution in [2.75, 3.05) is 7.11 Å². The summed E-state index contributed by atoms with van der Waals surface area (Å²) in [7, 11) is 1.64. The minimum atomic E-state index is -0.286. The van der Waals surface area contributed by atoms with Crippen molar-refractivity contribution in [1.29, 1.82) is 0 Å². The maximum absolute atomic E-state index is 6.16. The number of para-hydroxylation sites is 1. The van der Waals surface area contributed by atoms with Crippen LogP contribution in [0.15, 0.2) is 41.0 Å². The van der Waals surface area contributed by atoms with Gasteiger partial charge < -0.3 is 14.9 Å². The van der Waals surface area contributed by atoms with Gasteiger partial charge in [-0.2, -0.15) is 0 Å². The zero-order valence-corrected chi connectivity index (χ0v) is 9.44. The normalized spacial score (nSPS) is 12.4. The monoisotopic (exact) mass is 217 g/mol. The Bertz CT molecular complexity index is 476. The van der Waals surface area contributed by atoms with Crippen LogP contribution in [0.4, 0.5) is 0 Å². The number of methoxy groups -OCH3 is 1. The Labute approximate surface area is 94.8 Å². The standard InChI is InChI=1S/C13H15NO2/c1-9-7-8-16-13(9)12(14)10-5-3-4-6-11(10)15-2/h3-8,12H,14H2,1-2H3. The first-order valence-electron chi connectivity index (χ1n) is 5.16. The van der Waals surface area contributed by atoms with Crippen molar-refractivity contribution in [2.24, 2.45) is 5.73 Å². The summed E-state index contributed by atoms with van der Waals surface area (Å²) >= 11 is 0. The highest BCUT2D eigenvalue weighted by molar-refractivity contribution is 5.40. The van der Waals surface area contributed by atoms with Crippen molar-refractivity contribution < 1.29 is 9.15 Å². The van der Waals surface area contributed by atoms with E-state index in [-0.39, 0.29) is 6.04 Å². The van der Waals surface area contributed by atoms with E-state index in [0.717, 1.165) is 22.6 Å². The molecule has 3 heteroatoms. The van der Waals surface area contributed by atoms with Crippen LogP contribution in [-0.4, -0.2) is 7.11 Å². The Kier molecular flexibility index (Phi) is 2.97. The number of hydrogen-bond acceptors (Lipinski definition) is 3. The Morgan fingerprint density at radius 2 is 2.00 bits per heavy atom. The lowest BCUT2D eigenvalue weighted by atomic mass is 10.0. The van der Waals surface area contributed by atoms with Crippen LogP contribution in [0.1, 0.15) is 22.9 Å². The third kappa shape index (κ3) is 1.82. The molecule has 0 aliphatic rings. The van der Waals surface area contributed by atoms with Crippen LogP contribution in [0.3, 0.4) is 0 Å². The number of furan rings is 1. The van der Waals surface area contributed by atoms with Gasteiger partial charge in [-0.1, -0.05) is 18.2 Å². The highest BCUT2D eigenvalue weighted by Gasteiger charge is 2.17. The summed E-state index contributed by atoms with van der Waals surface area (Å²) in [5.74, 6) is 1.57. The quantitative estimate of drug-likeness (QED) is 0.859. The highest BCUT2D eigenvalue weighted by Crippen LogP contribution is 2.29. The van der Waals surface area contributed by atoms with Crippen LogP contribution >= 0.6 is 0 Å². The number of hydrogen-bond donors (Lipinski definition) is 1. The molecule has 0 saturated carbocycles. The molecule has 1 aromatic carbocycles. The van der Waals surface area contributed by atoms with E-state index in [0.29, 0.717) is 0 Å². The molecule has 0 amide bonds. The van der Waals surface area contributed by atoms with E-state index in [1.54, 1.807) is 13.4 Å². The summed E-state index contributed by atoms with van der Waals surface area (Å²) < 4.78 is 10.7. The van der Waals surface area contributed by atoms with Crippen LogP contribution in [0.5, 0.6) is 5.75 Å². The second-order valence-corrected chi connectivity index (χ2v) is 3.69. The van der Waals surface area contributed by atoms with Gasteiger partial charge in [0.25, 0.3) is 0 Å². The lowest BCUT2D eigenvalue weighted by Crippen LogP contribution is -2.13. The van der Waals surface area contributed by atoms with Gasteiger partial charge in [-0.15, -0.1) is 0 Å². The molecule has 84 valence electrons. The lowest BCUT2D eigenvalue weighted by Gasteiger charge is -2.14. The van der Waals surface area contributed by atoms with E-state index in [1.165, 1.54) is 0 Å². The van der Waals surface area contributed by atoms with E-state index in [1.807, 2.05) is 37.3 Å². The van der Waals surface area contributed by atoms with Crippen molar-refractivity contribution >= 4 is 0 Å². The molecule has 1 atom stereocenters. The summed E-state index contributed by atoms with van der Waals surface area (Å²) in [4.78, 5) is 0. The van der Waals surface area contributed by atoms with Crippen molar-refractivity contribution in [3.63, 3.8) is 0 Å². The molecule has 1 aromatic heterocycles. The summed E-state index contributed by atoms with van der Waals surface area (Å²) in [6, 6.07) is 9.33. The molecule has 2 N–H and O–H groups in total. The van der Waals surface area contributed by atoms with Gasteiger partial charge in [0.2, 0.25) is 0 Å². The van der Waals surface area contributed by atoms with Crippen LogP contribution in [-0.2, 0) is 0 Å². The highest BCUT2D eigenvalue weighted by atomic mass is 16.5. The van der Waals surface area contributed by atoms with Crippen molar-refractivity contribution in [3.05, 3.63) is 53.5 Å². The van der Waals surface area contributed by atoms with Crippen LogP contribution in [0, 0.1) is 6.92 Å². The molecule has 0 spiro atoms. The zero-order valence-electron chi connectivity index (χ0n) is 9.44. The van der Waals surface area contributed by atoms with Gasteiger partial charge in [-0.3, -0.25) is 0 Å². The second kappa shape index (κ2) is 4.41. The summed E-state index contributed by atoms with van der Waals surface area (Å²) in [5, 5.41) is 0. The Hall–Kier alpha value is -1.74. The predicted octanol–water partition coefficient (Wildman–Crippen LogP) is 2.64. The first kappa shape index (κ1) is 10.8. The summed E-state index contributed by atoms with van der Waals surface area (Å²) in [6.45, 7) is 1.98. The maximum Gasteiger partial charge on any atom is 0.128 e. The van der Waals surface area contributed by atoms with Crippen molar-refractivity contribution in [1.82, 2.24) is 0 Å². The average Bonchev–Trinajstić information content (AvgIpc) is 2.74. The molecule has 1 unspecified atom stereocenters. The molecule has 2 aromatic rings. The first-order chi connectivity index (χ1) is 7.74. The molecule has 3 nitrogen and oxygen atoms in total. The Balaban J connectivity index is 2.41. The van der Waals surface area contributed by atoms with Gasteiger partial charge in [-0.05, 0) is 24.6 Å². The molecule has 0 bridgehead atoms. The maximum atomic E-state index is 6.16. The van der Waals surface area contributed by atoms with E-state index in [4.69, 9.17) is 14.9 Å². The Morgan fingerprint density at radius 3 is 2.62 bits per heavy atom. The van der Waals surface area contributed by atoms with E-state index in [2.05, 4.69) is 0 Å². The molecule has 0 saturated heterocycles. The zero-order chi connectivity index (χ0) is 11.5. The lowest BCUT2D eigenvalue weighted by molar-refractivity contribution is 0.402. The smallest absolute Gasteiger partial charge is 0.128 e. The number of aryl methyl sites for hydroxylation is 1. The average molecular weight is 217 g/mol. The largest absolute Gasteiger partial charge is 0.496 e. The van der Waals surface area contributed by atoms with Crippen LogP contribution < -0.4 is 10.5 Å². The van der Waals surface area contributed by atoms with Gasteiger partial charge in [0.05, 0.1) is 19.4 Å². The van der Waals surface area contributed by atoms with Crippen molar-refractivity contribution in [2.45, 2.75) is 13.0 Å². The first-order valence-corrected chi connectivity index (χ1v) is 5.16. The SMILES string of the molecule is COc1ccccc1C(N)c1occc1C. The van der Waals surface area contributed by atoms with Gasteiger partial charge in [0.15, 0.2) is 0 Å². The number of nitrogens with two attached hydrogens (primary N) is 1. The predicted molar refractivity (Wildman–Crippen MR) is 62.5 cm³/mol. The summed E-state index contributed by atoms with van der Waals surface area (Å²) in [5.41, 5.74) is 8.15. The summed E-state index contributed by atoms with van der Waals surface area (Å²) in [6.07, 6.45) is 1.65. The molecule has 0 aliphatic heterocycles. The molecule has 0 fully saturated rings. The van der Waals surface area contributed by atoms with E-state index < -0.39 is 0 Å².